The second-order valence-electron chi connectivity index (χ2n) is 8.10. The number of rotatable bonds is 12. The van der Waals surface area contributed by atoms with Crippen LogP contribution in [0.2, 0.25) is 0 Å². The quantitative estimate of drug-likeness (QED) is 0.219. The highest BCUT2D eigenvalue weighted by molar-refractivity contribution is 7.89. The average molecular weight is 568 g/mol. The predicted octanol–water partition coefficient (Wildman–Crippen LogP) is 4.12. The number of sulfonamides is 1. The summed E-state index contributed by atoms with van der Waals surface area (Å²) in [7, 11) is -2.34. The Morgan fingerprint density at radius 2 is 1.79 bits per heavy atom. The molecule has 10 nitrogen and oxygen atoms in total. The van der Waals surface area contributed by atoms with Gasteiger partial charge in [0.25, 0.3) is 0 Å². The summed E-state index contributed by atoms with van der Waals surface area (Å²) in [6.45, 7) is 2.38. The van der Waals surface area contributed by atoms with Gasteiger partial charge in [-0.2, -0.15) is 0 Å². The van der Waals surface area contributed by atoms with Crippen molar-refractivity contribution in [3.63, 3.8) is 0 Å². The van der Waals surface area contributed by atoms with Crippen molar-refractivity contribution in [1.82, 2.24) is 14.6 Å². The Morgan fingerprint density at radius 1 is 1.13 bits per heavy atom. The smallest absolute Gasteiger partial charge is 0.409 e. The first-order valence-electron chi connectivity index (χ1n) is 11.5. The molecule has 3 rings (SSSR count). The topological polar surface area (TPSA) is 144 Å². The number of anilines is 3. The second kappa shape index (κ2) is 12.8. The fourth-order valence-electron chi connectivity index (χ4n) is 3.15. The van der Waals surface area contributed by atoms with E-state index in [0.717, 1.165) is 42.4 Å². The summed E-state index contributed by atoms with van der Waals surface area (Å²) in [5, 5.41) is 3.06. The monoisotopic (exact) mass is 567 g/mol. The van der Waals surface area contributed by atoms with E-state index < -0.39 is 39.1 Å². The third-order valence-corrected chi connectivity index (χ3v) is 7.70. The minimum absolute atomic E-state index is 0.0132. The number of likely N-dealkylation sites (N-methyl/N-ethyl adjacent to an activating group) is 1. The van der Waals surface area contributed by atoms with Gasteiger partial charge in [0.1, 0.15) is 22.3 Å². The number of hydrogen-bond acceptors (Lipinski definition) is 9. The van der Waals surface area contributed by atoms with Gasteiger partial charge in [-0.3, -0.25) is 4.79 Å². The molecule has 0 saturated carbocycles. The van der Waals surface area contributed by atoms with Crippen LogP contribution in [0, 0.1) is 11.6 Å². The average Bonchev–Trinajstić information content (AvgIpc) is 3.23. The van der Waals surface area contributed by atoms with Crippen LogP contribution in [0.5, 0.6) is 0 Å². The third kappa shape index (κ3) is 7.24. The van der Waals surface area contributed by atoms with E-state index in [2.05, 4.69) is 15.0 Å². The Balaban J connectivity index is 1.60. The van der Waals surface area contributed by atoms with Gasteiger partial charge in [0.05, 0.1) is 17.1 Å². The van der Waals surface area contributed by atoms with E-state index in [1.54, 1.807) is 0 Å². The summed E-state index contributed by atoms with van der Waals surface area (Å²) in [5.41, 5.74) is 5.51. The summed E-state index contributed by atoms with van der Waals surface area (Å²) in [6, 6.07) is 8.74. The Bertz CT molecular complexity index is 1380. The zero-order valence-electron chi connectivity index (χ0n) is 20.7. The number of carbonyl (C=O) groups excluding carboxylic acids is 2. The van der Waals surface area contributed by atoms with Crippen molar-refractivity contribution >= 4 is 49.9 Å². The van der Waals surface area contributed by atoms with Crippen molar-refractivity contribution in [1.29, 1.82) is 0 Å². The molecule has 0 spiro atoms. The largest absolute Gasteiger partial charge is 0.449 e. The van der Waals surface area contributed by atoms with Crippen LogP contribution in [-0.4, -0.2) is 56.9 Å². The molecule has 0 aliphatic carbocycles. The number of benzene rings is 2. The summed E-state index contributed by atoms with van der Waals surface area (Å²) >= 11 is 0.803. The van der Waals surface area contributed by atoms with E-state index in [4.69, 9.17) is 10.5 Å². The van der Waals surface area contributed by atoms with Crippen LogP contribution in [-0.2, 0) is 14.8 Å². The number of ether oxygens (including phenoxy) is 1. The van der Waals surface area contributed by atoms with E-state index in [0.29, 0.717) is 12.3 Å². The first kappa shape index (κ1) is 28.9. The van der Waals surface area contributed by atoms with Crippen LogP contribution in [0.1, 0.15) is 35.0 Å². The molecule has 1 aromatic heterocycles. The van der Waals surface area contributed by atoms with Crippen molar-refractivity contribution in [2.24, 2.45) is 0 Å². The van der Waals surface area contributed by atoms with Crippen molar-refractivity contribution in [3.05, 3.63) is 64.5 Å². The molecule has 0 aliphatic rings. The molecule has 1 heterocycles. The number of ketones is 1. The maximum absolute atomic E-state index is 14.0. The molecule has 2 aromatic carbocycles. The lowest BCUT2D eigenvalue weighted by molar-refractivity contribution is 0.103. The minimum atomic E-state index is -3.85. The van der Waals surface area contributed by atoms with Crippen molar-refractivity contribution in [3.8, 4) is 0 Å². The van der Waals surface area contributed by atoms with Gasteiger partial charge in [-0.15, -0.1) is 0 Å². The molecule has 0 atom stereocenters. The van der Waals surface area contributed by atoms with Crippen LogP contribution in [0.3, 0.4) is 0 Å². The number of nitrogens with two attached hydrogens (primary N) is 1. The number of hydrogen-bond donors (Lipinski definition) is 3. The highest BCUT2D eigenvalue weighted by Crippen LogP contribution is 2.31. The molecule has 0 fully saturated rings. The number of nitrogens with zero attached hydrogens (tertiary/aromatic N) is 2. The molecule has 38 heavy (non-hydrogen) atoms. The summed E-state index contributed by atoms with van der Waals surface area (Å²) in [5.74, 6) is -3.16. The lowest BCUT2D eigenvalue weighted by Gasteiger charge is -2.17. The fourth-order valence-corrected chi connectivity index (χ4v) is 5.03. The standard InChI is InChI=1S/C24H27F2N5O5S2/c1-3-4-14-36-24(33)31(2)13-12-28-38(34,35)16-10-8-15(9-11-16)29-23-30-22(27)21(37-23)20(32)19-17(25)6-5-7-18(19)26/h5-11,28H,3-4,12-14,27H2,1-2H3,(H,29,30). The van der Waals surface area contributed by atoms with E-state index in [1.165, 1.54) is 36.2 Å². The van der Waals surface area contributed by atoms with E-state index in [9.17, 15) is 26.8 Å². The number of nitrogen functional groups attached to an aromatic ring is 1. The fraction of sp³-hybridized carbons (Fsp3) is 0.292. The molecular weight excluding hydrogens is 540 g/mol. The third-order valence-electron chi connectivity index (χ3n) is 5.24. The molecule has 0 radical (unpaired) electrons. The van der Waals surface area contributed by atoms with Crippen LogP contribution >= 0.6 is 11.3 Å². The summed E-state index contributed by atoms with van der Waals surface area (Å²) < 4.78 is 60.7. The Kier molecular flexibility index (Phi) is 9.72. The second-order valence-corrected chi connectivity index (χ2v) is 10.9. The van der Waals surface area contributed by atoms with Gasteiger partial charge in [-0.1, -0.05) is 30.7 Å². The minimum Gasteiger partial charge on any atom is -0.449 e. The van der Waals surface area contributed by atoms with Gasteiger partial charge < -0.3 is 20.7 Å². The number of aromatic nitrogens is 1. The van der Waals surface area contributed by atoms with Crippen LogP contribution in [0.4, 0.5) is 30.2 Å². The molecule has 0 bridgehead atoms. The Labute approximate surface area is 222 Å². The number of unbranched alkanes of at least 4 members (excludes halogenated alkanes) is 1. The lowest BCUT2D eigenvalue weighted by Crippen LogP contribution is -2.36. The molecule has 1 amide bonds. The Hall–Kier alpha value is -3.62. The van der Waals surface area contributed by atoms with E-state index in [-0.39, 0.29) is 33.8 Å². The van der Waals surface area contributed by atoms with Gasteiger partial charge in [0.15, 0.2) is 5.13 Å². The van der Waals surface area contributed by atoms with Crippen LogP contribution in [0.25, 0.3) is 0 Å². The van der Waals surface area contributed by atoms with Crippen molar-refractivity contribution in [2.75, 3.05) is 37.8 Å². The van der Waals surface area contributed by atoms with Gasteiger partial charge in [-0.05, 0) is 42.8 Å². The van der Waals surface area contributed by atoms with Gasteiger partial charge in [-0.25, -0.2) is 31.7 Å². The summed E-state index contributed by atoms with van der Waals surface area (Å²) in [4.78, 5) is 29.6. The number of amides is 1. The number of halogens is 2. The van der Waals surface area contributed by atoms with Gasteiger partial charge in [0, 0.05) is 25.8 Å². The highest BCUT2D eigenvalue weighted by Gasteiger charge is 2.24. The maximum Gasteiger partial charge on any atom is 0.409 e. The number of carbonyl (C=O) groups is 2. The maximum atomic E-state index is 14.0. The first-order chi connectivity index (χ1) is 18.0. The molecule has 204 valence electrons. The molecule has 14 heteroatoms. The van der Waals surface area contributed by atoms with E-state index in [1.807, 2.05) is 6.92 Å². The lowest BCUT2D eigenvalue weighted by atomic mass is 10.1. The van der Waals surface area contributed by atoms with Crippen molar-refractivity contribution in [2.45, 2.75) is 24.7 Å². The molecule has 0 unspecified atom stereocenters. The van der Waals surface area contributed by atoms with Gasteiger partial charge >= 0.3 is 6.09 Å². The first-order valence-corrected chi connectivity index (χ1v) is 13.8. The zero-order valence-corrected chi connectivity index (χ0v) is 22.3. The molecule has 0 aliphatic heterocycles. The predicted molar refractivity (Wildman–Crippen MR) is 140 cm³/mol. The molecule has 4 N–H and O–H groups in total. The van der Waals surface area contributed by atoms with Crippen molar-refractivity contribution < 1.29 is 31.5 Å². The Morgan fingerprint density at radius 3 is 2.42 bits per heavy atom. The zero-order chi connectivity index (χ0) is 27.9. The van der Waals surface area contributed by atoms with Crippen LogP contribution < -0.4 is 15.8 Å². The number of nitrogens with one attached hydrogen (secondary N) is 2. The molecule has 3 aromatic rings. The highest BCUT2D eigenvalue weighted by atomic mass is 32.2. The number of thiazole rings is 1. The van der Waals surface area contributed by atoms with Crippen LogP contribution in [0.15, 0.2) is 47.4 Å². The SMILES string of the molecule is CCCCOC(=O)N(C)CCNS(=O)(=O)c1ccc(Nc2nc(N)c(C(=O)c3c(F)cccc3F)s2)cc1. The molecular formula is C24H27F2N5O5S2. The van der Waals surface area contributed by atoms with Gasteiger partial charge in [0.2, 0.25) is 15.8 Å². The van der Waals surface area contributed by atoms with E-state index >= 15 is 0 Å². The summed E-state index contributed by atoms with van der Waals surface area (Å²) in [6.07, 6.45) is 1.11. The molecule has 0 saturated heterocycles. The normalized spacial score (nSPS) is 11.3.